The zero-order valence-electron chi connectivity index (χ0n) is 25.6. The molecule has 0 aliphatic heterocycles. The second-order valence-corrected chi connectivity index (χ2v) is 12.5. The Morgan fingerprint density at radius 1 is 0.732 bits per heavy atom. The largest absolute Gasteiger partial charge is 0.481 e. The maximum absolute atomic E-state index is 11.3. The molecule has 1 atom stereocenters. The normalized spacial score (nSPS) is 17.8. The van der Waals surface area contributed by atoms with Crippen LogP contribution in [0.5, 0.6) is 0 Å². The molecule has 220 valence electrons. The molecule has 1 saturated carbocycles. The first-order valence-corrected chi connectivity index (χ1v) is 16.6. The summed E-state index contributed by atoms with van der Waals surface area (Å²) in [6.07, 6.45) is 18.7. The predicted octanol–water partition coefficient (Wildman–Crippen LogP) is 11.5. The molecule has 3 aromatic carbocycles. The van der Waals surface area contributed by atoms with Crippen LogP contribution >= 0.6 is 0 Å². The van der Waals surface area contributed by atoms with Crippen molar-refractivity contribution in [2.75, 3.05) is 0 Å². The number of aryl methyl sites for hydroxylation is 1. The van der Waals surface area contributed by atoms with Crippen molar-refractivity contribution >= 4 is 5.97 Å². The number of benzene rings is 3. The lowest BCUT2D eigenvalue weighted by atomic mass is 9.77. The van der Waals surface area contributed by atoms with Gasteiger partial charge in [-0.3, -0.25) is 4.79 Å². The van der Waals surface area contributed by atoms with Crippen LogP contribution in [-0.2, 0) is 11.2 Å². The molecule has 0 amide bonds. The third-order valence-electron chi connectivity index (χ3n) is 9.56. The van der Waals surface area contributed by atoms with E-state index in [4.69, 9.17) is 0 Å². The molecule has 0 spiro atoms. The molecule has 1 aliphatic carbocycles. The monoisotopic (exact) mass is 552 g/mol. The lowest BCUT2D eigenvalue weighted by Gasteiger charge is -2.29. The Morgan fingerprint density at radius 2 is 1.32 bits per heavy atom. The molecule has 1 aliphatic rings. The molecular weight excluding hydrogens is 500 g/mol. The highest BCUT2D eigenvalue weighted by molar-refractivity contribution is 5.83. The first kappa shape index (κ1) is 31.1. The molecule has 0 heterocycles. The number of unbranched alkanes of at least 4 members (excludes halogenated alkanes) is 5. The highest BCUT2D eigenvalue weighted by Gasteiger charge is 2.22. The van der Waals surface area contributed by atoms with Crippen LogP contribution in [0.1, 0.15) is 121 Å². The van der Waals surface area contributed by atoms with Crippen LogP contribution in [0.25, 0.3) is 22.3 Å². The van der Waals surface area contributed by atoms with Crippen molar-refractivity contribution in [3.63, 3.8) is 0 Å². The van der Waals surface area contributed by atoms with E-state index in [9.17, 15) is 9.90 Å². The topological polar surface area (TPSA) is 37.3 Å². The van der Waals surface area contributed by atoms with Crippen LogP contribution in [0.3, 0.4) is 0 Å². The van der Waals surface area contributed by atoms with Gasteiger partial charge in [0.15, 0.2) is 0 Å². The number of hydrogen-bond acceptors (Lipinski definition) is 1. The summed E-state index contributed by atoms with van der Waals surface area (Å²) in [4.78, 5) is 11.3. The van der Waals surface area contributed by atoms with Crippen molar-refractivity contribution in [3.05, 3.63) is 83.9 Å². The highest BCUT2D eigenvalue weighted by Crippen LogP contribution is 2.39. The van der Waals surface area contributed by atoms with Gasteiger partial charge in [-0.1, -0.05) is 132 Å². The fourth-order valence-electron chi connectivity index (χ4n) is 6.82. The van der Waals surface area contributed by atoms with Crippen molar-refractivity contribution in [3.8, 4) is 22.3 Å². The van der Waals surface area contributed by atoms with Crippen molar-refractivity contribution in [1.82, 2.24) is 0 Å². The van der Waals surface area contributed by atoms with Gasteiger partial charge in [0.1, 0.15) is 0 Å². The maximum atomic E-state index is 11.3. The van der Waals surface area contributed by atoms with E-state index in [1.165, 1.54) is 104 Å². The van der Waals surface area contributed by atoms with Crippen LogP contribution in [0, 0.1) is 11.8 Å². The SMILES string of the molecule is CCCCCCCC[C@H]1CC[C@H](c2ccc(-c3ccccc3-c3ccc(CCCC(CC)C(=O)O)cc3)cc2)CC1. The minimum absolute atomic E-state index is 0.225. The first-order valence-electron chi connectivity index (χ1n) is 16.6. The summed E-state index contributed by atoms with van der Waals surface area (Å²) >= 11 is 0. The molecule has 1 fully saturated rings. The van der Waals surface area contributed by atoms with Crippen LogP contribution in [-0.4, -0.2) is 11.1 Å². The molecule has 2 nitrogen and oxygen atoms in total. The van der Waals surface area contributed by atoms with Gasteiger partial charge in [0.25, 0.3) is 0 Å². The summed E-state index contributed by atoms with van der Waals surface area (Å²) < 4.78 is 0. The smallest absolute Gasteiger partial charge is 0.306 e. The number of carboxylic acid groups (broad SMARTS) is 1. The van der Waals surface area contributed by atoms with E-state index in [0.717, 1.165) is 31.1 Å². The van der Waals surface area contributed by atoms with Crippen molar-refractivity contribution < 1.29 is 9.90 Å². The third-order valence-corrected chi connectivity index (χ3v) is 9.56. The van der Waals surface area contributed by atoms with Crippen LogP contribution < -0.4 is 0 Å². The van der Waals surface area contributed by atoms with E-state index in [1.807, 2.05) is 6.92 Å². The van der Waals surface area contributed by atoms with Gasteiger partial charge in [-0.15, -0.1) is 0 Å². The molecule has 1 N–H and O–H groups in total. The third kappa shape index (κ3) is 9.32. The highest BCUT2D eigenvalue weighted by atomic mass is 16.4. The van der Waals surface area contributed by atoms with E-state index in [-0.39, 0.29) is 5.92 Å². The predicted molar refractivity (Wildman–Crippen MR) is 174 cm³/mol. The first-order chi connectivity index (χ1) is 20.1. The fraction of sp³-hybridized carbons (Fsp3) is 0.513. The minimum atomic E-state index is -0.668. The molecule has 0 aromatic heterocycles. The average molecular weight is 553 g/mol. The zero-order valence-corrected chi connectivity index (χ0v) is 25.6. The number of carboxylic acids is 1. The van der Waals surface area contributed by atoms with Gasteiger partial charge in [-0.2, -0.15) is 0 Å². The van der Waals surface area contributed by atoms with Crippen LogP contribution in [0.2, 0.25) is 0 Å². The molecular formula is C39H52O2. The molecule has 1 unspecified atom stereocenters. The summed E-state index contributed by atoms with van der Waals surface area (Å²) in [5.74, 6) is 0.778. The Labute approximate surface area is 249 Å². The van der Waals surface area contributed by atoms with Crippen molar-refractivity contribution in [2.24, 2.45) is 11.8 Å². The molecule has 4 rings (SSSR count). The fourth-order valence-corrected chi connectivity index (χ4v) is 6.82. The van der Waals surface area contributed by atoms with Gasteiger partial charge in [0, 0.05) is 0 Å². The summed E-state index contributed by atoms with van der Waals surface area (Å²) in [7, 11) is 0. The van der Waals surface area contributed by atoms with E-state index in [0.29, 0.717) is 6.42 Å². The van der Waals surface area contributed by atoms with Crippen molar-refractivity contribution in [1.29, 1.82) is 0 Å². The Kier molecular flexibility index (Phi) is 12.5. The Balaban J connectivity index is 1.31. The zero-order chi connectivity index (χ0) is 28.9. The number of carbonyl (C=O) groups is 1. The van der Waals surface area contributed by atoms with Crippen molar-refractivity contribution in [2.45, 2.75) is 116 Å². The summed E-state index contributed by atoms with van der Waals surface area (Å²) in [6.45, 7) is 4.25. The van der Waals surface area contributed by atoms with E-state index >= 15 is 0 Å². The molecule has 2 heteroatoms. The van der Waals surface area contributed by atoms with Gasteiger partial charge in [0.05, 0.1) is 5.92 Å². The average Bonchev–Trinajstić information content (AvgIpc) is 3.01. The molecule has 0 saturated heterocycles. The van der Waals surface area contributed by atoms with E-state index in [1.54, 1.807) is 0 Å². The number of hydrogen-bond donors (Lipinski definition) is 1. The summed E-state index contributed by atoms with van der Waals surface area (Å²) in [5.41, 5.74) is 7.85. The lowest BCUT2D eigenvalue weighted by molar-refractivity contribution is -0.142. The van der Waals surface area contributed by atoms with Gasteiger partial charge >= 0.3 is 5.97 Å². The van der Waals surface area contributed by atoms with E-state index < -0.39 is 5.97 Å². The number of rotatable bonds is 16. The number of aliphatic carboxylic acids is 1. The second kappa shape index (κ2) is 16.5. The van der Waals surface area contributed by atoms with Crippen LogP contribution in [0.4, 0.5) is 0 Å². The van der Waals surface area contributed by atoms with Gasteiger partial charge in [0.2, 0.25) is 0 Å². The molecule has 41 heavy (non-hydrogen) atoms. The lowest BCUT2D eigenvalue weighted by Crippen LogP contribution is -2.13. The Morgan fingerprint density at radius 3 is 1.90 bits per heavy atom. The van der Waals surface area contributed by atoms with E-state index in [2.05, 4.69) is 79.7 Å². The minimum Gasteiger partial charge on any atom is -0.481 e. The van der Waals surface area contributed by atoms with Crippen LogP contribution in [0.15, 0.2) is 72.8 Å². The molecule has 0 bridgehead atoms. The molecule has 0 radical (unpaired) electrons. The summed E-state index contributed by atoms with van der Waals surface area (Å²) in [6, 6.07) is 27.0. The molecule has 3 aromatic rings. The van der Waals surface area contributed by atoms with Gasteiger partial charge in [-0.25, -0.2) is 0 Å². The quantitative estimate of drug-likeness (QED) is 0.179. The van der Waals surface area contributed by atoms with Gasteiger partial charge in [-0.05, 0) is 96.6 Å². The maximum Gasteiger partial charge on any atom is 0.306 e. The second-order valence-electron chi connectivity index (χ2n) is 12.5. The standard InChI is InChI=1S/C39H52O2/c1-3-5-6-7-8-9-13-30-18-22-33(23-19-30)34-26-28-36(29-27-34)38-17-11-10-16-37(38)35-24-20-31(21-25-35)14-12-15-32(4-2)39(40)41/h10-11,16-17,20-21,24-30,32-33H,3-9,12-15,18-19,22-23H2,1-2H3,(H,40,41)/t30-,32?,33-. The Hall–Kier alpha value is -2.87. The van der Waals surface area contributed by atoms with Gasteiger partial charge < -0.3 is 5.11 Å². The summed E-state index contributed by atoms with van der Waals surface area (Å²) in [5, 5.41) is 9.30. The Bertz CT molecular complexity index is 1170.